The van der Waals surface area contributed by atoms with E-state index in [1.165, 1.54) is 11.1 Å². The van der Waals surface area contributed by atoms with E-state index in [2.05, 4.69) is 46.7 Å². The van der Waals surface area contributed by atoms with Gasteiger partial charge in [-0.2, -0.15) is 0 Å². The van der Waals surface area contributed by atoms with Gasteiger partial charge in [0.1, 0.15) is 0 Å². The van der Waals surface area contributed by atoms with Crippen molar-refractivity contribution in [3.63, 3.8) is 0 Å². The van der Waals surface area contributed by atoms with Crippen molar-refractivity contribution >= 4 is 6.03 Å². The zero-order valence-corrected chi connectivity index (χ0v) is 14.9. The van der Waals surface area contributed by atoms with E-state index in [9.17, 15) is 4.79 Å². The van der Waals surface area contributed by atoms with E-state index in [1.54, 1.807) is 6.92 Å². The first-order valence-corrected chi connectivity index (χ1v) is 9.00. The summed E-state index contributed by atoms with van der Waals surface area (Å²) < 4.78 is 0. The highest BCUT2D eigenvalue weighted by Crippen LogP contribution is 2.18. The Labute approximate surface area is 145 Å². The summed E-state index contributed by atoms with van der Waals surface area (Å²) in [7, 11) is 0. The Kier molecular flexibility index (Phi) is 7.53. The van der Waals surface area contributed by atoms with E-state index in [4.69, 9.17) is 5.11 Å². The SMILES string of the molecule is Cc1ccc(CN2CCC(CNC(=O)NCCC(C)O)CC2)cc1. The number of likely N-dealkylation sites (tertiary alicyclic amines) is 1. The average molecular weight is 333 g/mol. The predicted octanol–water partition coefficient (Wildman–Crippen LogP) is 2.28. The summed E-state index contributed by atoms with van der Waals surface area (Å²) >= 11 is 0. The van der Waals surface area contributed by atoms with Gasteiger partial charge in [0.25, 0.3) is 0 Å². The lowest BCUT2D eigenvalue weighted by Crippen LogP contribution is -2.42. The number of aliphatic hydroxyl groups excluding tert-OH is 1. The molecule has 1 unspecified atom stereocenters. The third-order valence-corrected chi connectivity index (χ3v) is 4.63. The minimum atomic E-state index is -0.372. The number of aryl methyl sites for hydroxylation is 1. The van der Waals surface area contributed by atoms with E-state index < -0.39 is 0 Å². The van der Waals surface area contributed by atoms with Gasteiger partial charge in [-0.1, -0.05) is 29.8 Å². The highest BCUT2D eigenvalue weighted by Gasteiger charge is 2.19. The Morgan fingerprint density at radius 2 is 1.92 bits per heavy atom. The minimum Gasteiger partial charge on any atom is -0.393 e. The summed E-state index contributed by atoms with van der Waals surface area (Å²) in [4.78, 5) is 14.2. The number of nitrogens with one attached hydrogen (secondary N) is 2. The van der Waals surface area contributed by atoms with Crippen molar-refractivity contribution in [2.45, 2.75) is 45.8 Å². The number of urea groups is 1. The summed E-state index contributed by atoms with van der Waals surface area (Å²) in [5.74, 6) is 0.557. The molecule has 24 heavy (non-hydrogen) atoms. The minimum absolute atomic E-state index is 0.127. The Balaban J connectivity index is 1.60. The van der Waals surface area contributed by atoms with Gasteiger partial charge in [0.2, 0.25) is 0 Å². The first-order chi connectivity index (χ1) is 11.5. The Hall–Kier alpha value is -1.59. The molecule has 0 radical (unpaired) electrons. The number of rotatable bonds is 7. The van der Waals surface area contributed by atoms with Crippen LogP contribution < -0.4 is 10.6 Å². The molecule has 1 heterocycles. The Morgan fingerprint density at radius 1 is 1.25 bits per heavy atom. The number of hydrogen-bond acceptors (Lipinski definition) is 3. The molecule has 1 fully saturated rings. The van der Waals surface area contributed by atoms with Crippen LogP contribution in [-0.4, -0.2) is 48.3 Å². The number of carbonyl (C=O) groups excluding carboxylic acids is 1. The maximum Gasteiger partial charge on any atom is 0.314 e. The Bertz CT molecular complexity index is 494. The van der Waals surface area contributed by atoms with Crippen molar-refractivity contribution in [2.75, 3.05) is 26.2 Å². The third kappa shape index (κ3) is 6.89. The van der Waals surface area contributed by atoms with Crippen molar-refractivity contribution in [3.05, 3.63) is 35.4 Å². The topological polar surface area (TPSA) is 64.6 Å². The molecule has 0 aliphatic carbocycles. The van der Waals surface area contributed by atoms with Crippen molar-refractivity contribution in [1.82, 2.24) is 15.5 Å². The van der Waals surface area contributed by atoms with Crippen molar-refractivity contribution in [2.24, 2.45) is 5.92 Å². The number of carbonyl (C=O) groups is 1. The van der Waals surface area contributed by atoms with Gasteiger partial charge in [-0.15, -0.1) is 0 Å². The van der Waals surface area contributed by atoms with Crippen LogP contribution in [0.5, 0.6) is 0 Å². The molecule has 1 aromatic rings. The molecule has 0 saturated carbocycles. The molecule has 134 valence electrons. The maximum atomic E-state index is 11.7. The van der Waals surface area contributed by atoms with Crippen molar-refractivity contribution in [1.29, 1.82) is 0 Å². The first kappa shape index (κ1) is 18.7. The second kappa shape index (κ2) is 9.64. The normalized spacial score (nSPS) is 17.5. The van der Waals surface area contributed by atoms with Crippen LogP contribution >= 0.6 is 0 Å². The number of benzene rings is 1. The fraction of sp³-hybridized carbons (Fsp3) is 0.632. The number of amides is 2. The quantitative estimate of drug-likeness (QED) is 0.717. The standard InChI is InChI=1S/C19H31N3O2/c1-15-3-5-18(6-4-15)14-22-11-8-17(9-12-22)13-21-19(24)20-10-7-16(2)23/h3-6,16-17,23H,7-14H2,1-2H3,(H2,20,21,24). The summed E-state index contributed by atoms with van der Waals surface area (Å²) in [5, 5.41) is 14.9. The molecule has 1 atom stereocenters. The number of aliphatic hydroxyl groups is 1. The lowest BCUT2D eigenvalue weighted by Gasteiger charge is -2.32. The van der Waals surface area contributed by atoms with E-state index in [0.717, 1.165) is 39.0 Å². The summed E-state index contributed by atoms with van der Waals surface area (Å²) in [6, 6.07) is 8.63. The zero-order chi connectivity index (χ0) is 17.4. The molecule has 0 bridgehead atoms. The van der Waals surface area contributed by atoms with Crippen LogP contribution in [0.1, 0.15) is 37.3 Å². The number of piperidine rings is 1. The molecule has 2 amide bonds. The van der Waals surface area contributed by atoms with Gasteiger partial charge in [0.05, 0.1) is 6.10 Å². The second-order valence-corrected chi connectivity index (χ2v) is 6.98. The first-order valence-electron chi connectivity index (χ1n) is 9.00. The Morgan fingerprint density at radius 3 is 2.54 bits per heavy atom. The van der Waals surface area contributed by atoms with Crippen LogP contribution in [0.3, 0.4) is 0 Å². The average Bonchev–Trinajstić information content (AvgIpc) is 2.56. The summed E-state index contributed by atoms with van der Waals surface area (Å²) in [6.45, 7) is 8.28. The largest absolute Gasteiger partial charge is 0.393 e. The van der Waals surface area contributed by atoms with Crippen molar-refractivity contribution in [3.8, 4) is 0 Å². The highest BCUT2D eigenvalue weighted by molar-refractivity contribution is 5.73. The molecule has 0 spiro atoms. The molecule has 1 aromatic carbocycles. The lowest BCUT2D eigenvalue weighted by molar-refractivity contribution is 0.173. The van der Waals surface area contributed by atoms with Crippen LogP contribution in [0.4, 0.5) is 4.79 Å². The molecule has 2 rings (SSSR count). The van der Waals surface area contributed by atoms with E-state index >= 15 is 0 Å². The van der Waals surface area contributed by atoms with E-state index in [0.29, 0.717) is 18.9 Å². The van der Waals surface area contributed by atoms with Crippen LogP contribution in [-0.2, 0) is 6.54 Å². The molecule has 5 heteroatoms. The summed E-state index contributed by atoms with van der Waals surface area (Å²) in [5.41, 5.74) is 2.67. The second-order valence-electron chi connectivity index (χ2n) is 6.98. The maximum absolute atomic E-state index is 11.7. The van der Waals surface area contributed by atoms with Crippen LogP contribution in [0, 0.1) is 12.8 Å². The van der Waals surface area contributed by atoms with Crippen LogP contribution in [0.15, 0.2) is 24.3 Å². The van der Waals surface area contributed by atoms with Gasteiger partial charge in [0.15, 0.2) is 0 Å². The molecule has 1 saturated heterocycles. The van der Waals surface area contributed by atoms with Gasteiger partial charge in [-0.25, -0.2) is 4.79 Å². The number of nitrogens with zero attached hydrogens (tertiary/aromatic N) is 1. The monoisotopic (exact) mass is 333 g/mol. The molecular formula is C19H31N3O2. The zero-order valence-electron chi connectivity index (χ0n) is 14.9. The molecule has 1 aliphatic rings. The van der Waals surface area contributed by atoms with Gasteiger partial charge in [0, 0.05) is 19.6 Å². The fourth-order valence-electron chi connectivity index (χ4n) is 2.99. The van der Waals surface area contributed by atoms with E-state index in [-0.39, 0.29) is 12.1 Å². The number of hydrogen-bond donors (Lipinski definition) is 3. The molecular weight excluding hydrogens is 302 g/mol. The lowest BCUT2D eigenvalue weighted by atomic mass is 9.96. The highest BCUT2D eigenvalue weighted by atomic mass is 16.3. The molecule has 0 aromatic heterocycles. The van der Waals surface area contributed by atoms with Gasteiger partial charge < -0.3 is 15.7 Å². The van der Waals surface area contributed by atoms with Gasteiger partial charge in [-0.3, -0.25) is 4.90 Å². The van der Waals surface area contributed by atoms with Crippen LogP contribution in [0.2, 0.25) is 0 Å². The van der Waals surface area contributed by atoms with Gasteiger partial charge in [-0.05, 0) is 57.7 Å². The van der Waals surface area contributed by atoms with Crippen LogP contribution in [0.25, 0.3) is 0 Å². The van der Waals surface area contributed by atoms with Gasteiger partial charge >= 0.3 is 6.03 Å². The predicted molar refractivity (Wildman–Crippen MR) is 96.9 cm³/mol. The molecule has 1 aliphatic heterocycles. The van der Waals surface area contributed by atoms with E-state index in [1.807, 2.05) is 0 Å². The molecule has 3 N–H and O–H groups in total. The van der Waals surface area contributed by atoms with Crippen molar-refractivity contribution < 1.29 is 9.90 Å². The molecule has 5 nitrogen and oxygen atoms in total. The fourth-order valence-corrected chi connectivity index (χ4v) is 2.99. The summed E-state index contributed by atoms with van der Waals surface area (Å²) in [6.07, 6.45) is 2.47. The third-order valence-electron chi connectivity index (χ3n) is 4.63. The smallest absolute Gasteiger partial charge is 0.314 e.